The van der Waals surface area contributed by atoms with Gasteiger partial charge in [-0.3, -0.25) is 0 Å². The van der Waals surface area contributed by atoms with Gasteiger partial charge in [-0.05, 0) is 23.6 Å². The molecule has 0 aliphatic carbocycles. The normalized spacial score (nSPS) is 11.0. The zero-order valence-electron chi connectivity index (χ0n) is 9.20. The maximum Gasteiger partial charge on any atom is 0.230 e. The Labute approximate surface area is 103 Å². The molecule has 1 heterocycles. The van der Waals surface area contributed by atoms with Crippen LogP contribution in [0.15, 0.2) is 33.3 Å². The number of hydrogen-bond acceptors (Lipinski definition) is 3. The van der Waals surface area contributed by atoms with E-state index in [9.17, 15) is 0 Å². The molecule has 0 fully saturated rings. The molecule has 0 aliphatic heterocycles. The molecule has 0 spiro atoms. The summed E-state index contributed by atoms with van der Waals surface area (Å²) in [6, 6.07) is 7.95. The quantitative estimate of drug-likeness (QED) is 0.910. The highest BCUT2D eigenvalue weighted by Gasteiger charge is 2.18. The lowest BCUT2D eigenvalue weighted by Crippen LogP contribution is -1.92. The predicted molar refractivity (Wildman–Crippen MR) is 68.1 cm³/mol. The largest absolute Gasteiger partial charge is 0.367 e. The lowest BCUT2D eigenvalue weighted by atomic mass is 9.99. The monoisotopic (exact) mass is 280 g/mol. The fourth-order valence-electron chi connectivity index (χ4n) is 1.64. The van der Waals surface area contributed by atoms with Crippen LogP contribution in [-0.2, 0) is 0 Å². The van der Waals surface area contributed by atoms with Gasteiger partial charge < -0.3 is 10.3 Å². The molecule has 0 saturated heterocycles. The third-order valence-corrected chi connectivity index (χ3v) is 2.90. The first-order chi connectivity index (χ1) is 7.59. The molecule has 0 unspecified atom stereocenters. The average molecular weight is 281 g/mol. The molecule has 0 bridgehead atoms. The molecule has 1 aromatic heterocycles. The number of nitrogen functional groups attached to an aromatic ring is 1. The summed E-state index contributed by atoms with van der Waals surface area (Å²) in [4.78, 5) is 0. The van der Waals surface area contributed by atoms with Crippen molar-refractivity contribution < 1.29 is 4.52 Å². The predicted octanol–water partition coefficient (Wildman–Crippen LogP) is 3.81. The summed E-state index contributed by atoms with van der Waals surface area (Å²) in [5.74, 6) is 0.664. The molecule has 2 N–H and O–H groups in total. The molecule has 4 heteroatoms. The number of anilines is 1. The van der Waals surface area contributed by atoms with Crippen LogP contribution >= 0.6 is 15.9 Å². The van der Waals surface area contributed by atoms with E-state index in [2.05, 4.69) is 34.9 Å². The summed E-state index contributed by atoms with van der Waals surface area (Å²) in [5.41, 5.74) is 8.64. The van der Waals surface area contributed by atoms with Crippen LogP contribution in [0.2, 0.25) is 0 Å². The summed E-state index contributed by atoms with van der Waals surface area (Å²) in [6.07, 6.45) is 0. The van der Waals surface area contributed by atoms with Gasteiger partial charge in [-0.2, -0.15) is 0 Å². The van der Waals surface area contributed by atoms with Gasteiger partial charge in [0.05, 0.1) is 11.3 Å². The molecular formula is C12H13BrN2O. The third-order valence-electron chi connectivity index (χ3n) is 2.41. The number of halogens is 1. The van der Waals surface area contributed by atoms with Crippen molar-refractivity contribution in [2.45, 2.75) is 19.8 Å². The minimum Gasteiger partial charge on any atom is -0.367 e. The Bertz CT molecular complexity index is 505. The lowest BCUT2D eigenvalue weighted by molar-refractivity contribution is 0.424. The summed E-state index contributed by atoms with van der Waals surface area (Å²) >= 11 is 3.44. The molecule has 0 saturated carbocycles. The van der Waals surface area contributed by atoms with Crippen LogP contribution in [0.4, 0.5) is 5.88 Å². The molecule has 16 heavy (non-hydrogen) atoms. The second-order valence-electron chi connectivity index (χ2n) is 3.97. The van der Waals surface area contributed by atoms with Crippen molar-refractivity contribution in [1.82, 2.24) is 5.16 Å². The van der Waals surface area contributed by atoms with Crippen LogP contribution in [0.25, 0.3) is 11.1 Å². The zero-order valence-corrected chi connectivity index (χ0v) is 10.8. The van der Waals surface area contributed by atoms with Gasteiger partial charge in [0.25, 0.3) is 0 Å². The van der Waals surface area contributed by atoms with E-state index in [1.54, 1.807) is 0 Å². The molecule has 3 nitrogen and oxygen atoms in total. The van der Waals surface area contributed by atoms with E-state index in [4.69, 9.17) is 10.3 Å². The molecular weight excluding hydrogens is 268 g/mol. The van der Waals surface area contributed by atoms with Crippen LogP contribution in [0.3, 0.4) is 0 Å². The summed E-state index contributed by atoms with van der Waals surface area (Å²) in [7, 11) is 0. The molecule has 0 radical (unpaired) electrons. The minimum atomic E-state index is 0.287. The van der Waals surface area contributed by atoms with E-state index in [1.807, 2.05) is 24.3 Å². The first-order valence-corrected chi connectivity index (χ1v) is 5.90. The highest BCUT2D eigenvalue weighted by molar-refractivity contribution is 9.10. The summed E-state index contributed by atoms with van der Waals surface area (Å²) in [5, 5.41) is 4.01. The van der Waals surface area contributed by atoms with Crippen molar-refractivity contribution in [3.05, 3.63) is 34.4 Å². The second kappa shape index (κ2) is 4.29. The first kappa shape index (κ1) is 11.2. The maximum atomic E-state index is 5.82. The van der Waals surface area contributed by atoms with E-state index in [-0.39, 0.29) is 5.92 Å². The number of rotatable bonds is 2. The minimum absolute atomic E-state index is 0.287. The number of hydrogen-bond donors (Lipinski definition) is 1. The van der Waals surface area contributed by atoms with Gasteiger partial charge in [-0.25, -0.2) is 0 Å². The van der Waals surface area contributed by atoms with Crippen LogP contribution in [0.5, 0.6) is 0 Å². The van der Waals surface area contributed by atoms with Crippen molar-refractivity contribution in [3.63, 3.8) is 0 Å². The van der Waals surface area contributed by atoms with Crippen LogP contribution in [-0.4, -0.2) is 5.16 Å². The molecule has 0 amide bonds. The number of benzene rings is 1. The van der Waals surface area contributed by atoms with E-state index >= 15 is 0 Å². The molecule has 2 aromatic rings. The first-order valence-electron chi connectivity index (χ1n) is 5.10. The Morgan fingerprint density at radius 3 is 2.75 bits per heavy atom. The van der Waals surface area contributed by atoms with Gasteiger partial charge in [0.15, 0.2) is 0 Å². The van der Waals surface area contributed by atoms with Gasteiger partial charge in [-0.15, -0.1) is 0 Å². The van der Waals surface area contributed by atoms with Crippen LogP contribution in [0, 0.1) is 0 Å². The Kier molecular flexibility index (Phi) is 3.01. The van der Waals surface area contributed by atoms with Gasteiger partial charge in [0, 0.05) is 4.47 Å². The van der Waals surface area contributed by atoms with Crippen molar-refractivity contribution in [2.75, 3.05) is 5.73 Å². The topological polar surface area (TPSA) is 52.0 Å². The third kappa shape index (κ3) is 1.97. The van der Waals surface area contributed by atoms with Gasteiger partial charge >= 0.3 is 0 Å². The van der Waals surface area contributed by atoms with Crippen molar-refractivity contribution >= 4 is 21.8 Å². The Morgan fingerprint density at radius 2 is 2.12 bits per heavy atom. The molecule has 2 rings (SSSR count). The SMILES string of the molecule is CC(C)c1noc(N)c1-c1cccc(Br)c1. The van der Waals surface area contributed by atoms with Gasteiger partial charge in [0.1, 0.15) is 0 Å². The Balaban J connectivity index is 2.59. The number of aromatic nitrogens is 1. The summed E-state index contributed by atoms with van der Waals surface area (Å²) < 4.78 is 6.08. The van der Waals surface area contributed by atoms with Crippen molar-refractivity contribution in [2.24, 2.45) is 0 Å². The molecule has 1 aromatic carbocycles. The van der Waals surface area contributed by atoms with Crippen molar-refractivity contribution in [1.29, 1.82) is 0 Å². The molecule has 0 aliphatic rings. The van der Waals surface area contributed by atoms with E-state index in [0.717, 1.165) is 21.3 Å². The Hall–Kier alpha value is -1.29. The molecule has 0 atom stereocenters. The fourth-order valence-corrected chi connectivity index (χ4v) is 2.04. The van der Waals surface area contributed by atoms with Gasteiger partial charge in [0.2, 0.25) is 5.88 Å². The van der Waals surface area contributed by atoms with E-state index < -0.39 is 0 Å². The van der Waals surface area contributed by atoms with Gasteiger partial charge in [-0.1, -0.05) is 47.1 Å². The number of nitrogens with zero attached hydrogens (tertiary/aromatic N) is 1. The van der Waals surface area contributed by atoms with Crippen molar-refractivity contribution in [3.8, 4) is 11.1 Å². The van der Waals surface area contributed by atoms with E-state index in [0.29, 0.717) is 5.88 Å². The smallest absolute Gasteiger partial charge is 0.230 e. The second-order valence-corrected chi connectivity index (χ2v) is 4.89. The number of nitrogens with two attached hydrogens (primary N) is 1. The van der Waals surface area contributed by atoms with Crippen LogP contribution < -0.4 is 5.73 Å². The molecule has 84 valence electrons. The van der Waals surface area contributed by atoms with E-state index in [1.165, 1.54) is 0 Å². The zero-order chi connectivity index (χ0) is 11.7. The highest BCUT2D eigenvalue weighted by Crippen LogP contribution is 2.34. The highest BCUT2D eigenvalue weighted by atomic mass is 79.9. The maximum absolute atomic E-state index is 5.82. The van der Waals surface area contributed by atoms with Crippen LogP contribution in [0.1, 0.15) is 25.5 Å². The standard InChI is InChI=1S/C12H13BrN2O/c1-7(2)11-10(12(14)16-15-11)8-4-3-5-9(13)6-8/h3-7H,14H2,1-2H3. The average Bonchev–Trinajstić information content (AvgIpc) is 2.60. The summed E-state index contributed by atoms with van der Waals surface area (Å²) in [6.45, 7) is 4.14. The fraction of sp³-hybridized carbons (Fsp3) is 0.250. The Morgan fingerprint density at radius 1 is 1.38 bits per heavy atom. The lowest BCUT2D eigenvalue weighted by Gasteiger charge is -2.05.